The van der Waals surface area contributed by atoms with Crippen LogP contribution in [0.4, 0.5) is 5.69 Å². The lowest BCUT2D eigenvalue weighted by Crippen LogP contribution is -2.38. The van der Waals surface area contributed by atoms with E-state index in [0.717, 1.165) is 15.7 Å². The van der Waals surface area contributed by atoms with Crippen LogP contribution < -0.4 is 16.6 Å². The third-order valence-electron chi connectivity index (χ3n) is 3.78. The monoisotopic (exact) mass is 340 g/mol. The van der Waals surface area contributed by atoms with Gasteiger partial charge in [0.2, 0.25) is 5.76 Å². The number of rotatable bonds is 3. The summed E-state index contributed by atoms with van der Waals surface area (Å²) in [5, 5.41) is 6.32. The average molecular weight is 340 g/mol. The fourth-order valence-electron chi connectivity index (χ4n) is 2.32. The number of hydrogen-bond acceptors (Lipinski definition) is 5. The van der Waals surface area contributed by atoms with Crippen molar-refractivity contribution in [3.05, 3.63) is 68.7 Å². The minimum Gasteiger partial charge on any atom is -0.350 e. The number of aryl methyl sites for hydroxylation is 2. The number of hydrogen-bond donors (Lipinski definition) is 1. The van der Waals surface area contributed by atoms with E-state index in [4.69, 9.17) is 4.52 Å². The van der Waals surface area contributed by atoms with Crippen molar-refractivity contribution in [2.45, 2.75) is 6.92 Å². The average Bonchev–Trinajstić information content (AvgIpc) is 3.08. The van der Waals surface area contributed by atoms with E-state index in [1.165, 1.54) is 30.9 Å². The molecule has 0 atom stereocenters. The quantitative estimate of drug-likeness (QED) is 0.775. The van der Waals surface area contributed by atoms with Crippen molar-refractivity contribution in [1.82, 2.24) is 14.3 Å². The number of benzene rings is 1. The van der Waals surface area contributed by atoms with Gasteiger partial charge in [-0.15, -0.1) is 0 Å². The Hall–Kier alpha value is -3.42. The van der Waals surface area contributed by atoms with Crippen molar-refractivity contribution in [1.29, 1.82) is 0 Å². The van der Waals surface area contributed by atoms with E-state index in [1.54, 1.807) is 0 Å². The topological polar surface area (TPSA) is 99.1 Å². The van der Waals surface area contributed by atoms with Gasteiger partial charge in [-0.2, -0.15) is 0 Å². The predicted octanol–water partition coefficient (Wildman–Crippen LogP) is 1.30. The zero-order valence-corrected chi connectivity index (χ0v) is 13.9. The zero-order valence-electron chi connectivity index (χ0n) is 13.9. The van der Waals surface area contributed by atoms with E-state index < -0.39 is 17.2 Å². The second kappa shape index (κ2) is 6.23. The van der Waals surface area contributed by atoms with Gasteiger partial charge in [0.05, 0.1) is 0 Å². The normalized spacial score (nSPS) is 10.7. The van der Waals surface area contributed by atoms with Crippen molar-refractivity contribution in [2.24, 2.45) is 14.1 Å². The Morgan fingerprint density at radius 2 is 1.84 bits per heavy atom. The third kappa shape index (κ3) is 3.14. The summed E-state index contributed by atoms with van der Waals surface area (Å²) >= 11 is 0. The fourth-order valence-corrected chi connectivity index (χ4v) is 2.32. The number of carbonyl (C=O) groups is 1. The number of nitrogens with one attached hydrogen (secondary N) is 1. The largest absolute Gasteiger partial charge is 0.350 e. The SMILES string of the molecule is Cc1ccc(-c2cc(C(=O)Nc3cn(C)c(=O)n(C)c3=O)on2)cc1. The Bertz CT molecular complexity index is 1060. The van der Waals surface area contributed by atoms with Crippen LogP contribution in [0.5, 0.6) is 0 Å². The molecule has 3 rings (SSSR count). The van der Waals surface area contributed by atoms with Gasteiger partial charge in [0, 0.05) is 31.9 Å². The Morgan fingerprint density at radius 1 is 1.16 bits per heavy atom. The molecule has 0 aliphatic carbocycles. The van der Waals surface area contributed by atoms with Crippen LogP contribution in [-0.4, -0.2) is 20.2 Å². The first-order chi connectivity index (χ1) is 11.9. The first-order valence-electron chi connectivity index (χ1n) is 7.48. The molecule has 8 nitrogen and oxygen atoms in total. The van der Waals surface area contributed by atoms with Crippen LogP contribution in [0.2, 0.25) is 0 Å². The molecule has 1 N–H and O–H groups in total. The third-order valence-corrected chi connectivity index (χ3v) is 3.78. The maximum absolute atomic E-state index is 12.3. The van der Waals surface area contributed by atoms with Crippen molar-refractivity contribution >= 4 is 11.6 Å². The van der Waals surface area contributed by atoms with Crippen LogP contribution in [0.15, 0.2) is 50.6 Å². The molecule has 0 aliphatic heterocycles. The summed E-state index contributed by atoms with van der Waals surface area (Å²) in [5.41, 5.74) is 1.32. The number of carbonyl (C=O) groups excluding carboxylic acids is 1. The molecule has 1 aromatic carbocycles. The molecule has 0 spiro atoms. The van der Waals surface area contributed by atoms with E-state index in [2.05, 4.69) is 10.5 Å². The molecule has 0 radical (unpaired) electrons. The second-order valence-corrected chi connectivity index (χ2v) is 5.70. The predicted molar refractivity (Wildman–Crippen MR) is 91.6 cm³/mol. The van der Waals surface area contributed by atoms with Gasteiger partial charge in [0.25, 0.3) is 11.5 Å². The molecule has 2 heterocycles. The lowest BCUT2D eigenvalue weighted by atomic mass is 10.1. The van der Waals surface area contributed by atoms with Crippen LogP contribution >= 0.6 is 0 Å². The van der Waals surface area contributed by atoms with Gasteiger partial charge in [0.15, 0.2) is 0 Å². The minimum atomic E-state index is -0.624. The Morgan fingerprint density at radius 3 is 2.52 bits per heavy atom. The summed E-state index contributed by atoms with van der Waals surface area (Å²) in [6.45, 7) is 1.97. The van der Waals surface area contributed by atoms with E-state index in [-0.39, 0.29) is 11.4 Å². The van der Waals surface area contributed by atoms with Crippen LogP contribution in [0.25, 0.3) is 11.3 Å². The highest BCUT2D eigenvalue weighted by atomic mass is 16.5. The standard InChI is InChI=1S/C17H16N4O4/c1-10-4-6-11(7-5-10)12-8-14(25-19-12)15(22)18-13-9-20(2)17(24)21(3)16(13)23/h4-9H,1-3H3,(H,18,22). The molecule has 25 heavy (non-hydrogen) atoms. The summed E-state index contributed by atoms with van der Waals surface area (Å²) in [6.07, 6.45) is 1.26. The molecule has 0 aliphatic rings. The molecular formula is C17H16N4O4. The molecule has 128 valence electrons. The molecule has 0 saturated heterocycles. The number of amides is 1. The van der Waals surface area contributed by atoms with Gasteiger partial charge < -0.3 is 14.4 Å². The summed E-state index contributed by atoms with van der Waals surface area (Å²) in [5.74, 6) is -0.659. The molecule has 0 saturated carbocycles. The highest BCUT2D eigenvalue weighted by molar-refractivity contribution is 6.02. The van der Waals surface area contributed by atoms with Crippen molar-refractivity contribution in [3.63, 3.8) is 0 Å². The molecule has 2 aromatic heterocycles. The Balaban J connectivity index is 1.87. The van der Waals surface area contributed by atoms with Crippen LogP contribution in [0.1, 0.15) is 16.1 Å². The van der Waals surface area contributed by atoms with Gasteiger partial charge in [-0.05, 0) is 6.92 Å². The molecule has 3 aromatic rings. The second-order valence-electron chi connectivity index (χ2n) is 5.70. The molecule has 0 fully saturated rings. The van der Waals surface area contributed by atoms with E-state index >= 15 is 0 Å². The summed E-state index contributed by atoms with van der Waals surface area (Å²) in [6, 6.07) is 9.09. The van der Waals surface area contributed by atoms with Gasteiger partial charge in [-0.25, -0.2) is 4.79 Å². The first-order valence-corrected chi connectivity index (χ1v) is 7.48. The Labute approximate surface area is 142 Å². The van der Waals surface area contributed by atoms with Gasteiger partial charge in [-0.1, -0.05) is 35.0 Å². The summed E-state index contributed by atoms with van der Waals surface area (Å²) in [4.78, 5) is 36.0. The van der Waals surface area contributed by atoms with E-state index in [0.29, 0.717) is 5.69 Å². The molecule has 0 unspecified atom stereocenters. The van der Waals surface area contributed by atoms with Crippen LogP contribution in [-0.2, 0) is 14.1 Å². The number of nitrogens with zero attached hydrogens (tertiary/aromatic N) is 3. The lowest BCUT2D eigenvalue weighted by molar-refractivity contribution is 0.0987. The molecular weight excluding hydrogens is 324 g/mol. The van der Waals surface area contributed by atoms with Gasteiger partial charge >= 0.3 is 5.69 Å². The van der Waals surface area contributed by atoms with Crippen LogP contribution in [0, 0.1) is 6.92 Å². The van der Waals surface area contributed by atoms with Gasteiger partial charge in [-0.3, -0.25) is 14.2 Å². The highest BCUT2D eigenvalue weighted by Gasteiger charge is 2.17. The van der Waals surface area contributed by atoms with Crippen molar-refractivity contribution < 1.29 is 9.32 Å². The minimum absolute atomic E-state index is 0.0251. The van der Waals surface area contributed by atoms with E-state index in [1.807, 2.05) is 31.2 Å². The fraction of sp³-hybridized carbons (Fsp3) is 0.176. The first kappa shape index (κ1) is 16.4. The molecule has 8 heteroatoms. The summed E-state index contributed by atoms with van der Waals surface area (Å²) in [7, 11) is 2.83. The zero-order chi connectivity index (χ0) is 18.1. The Kier molecular flexibility index (Phi) is 4.10. The maximum Gasteiger partial charge on any atom is 0.330 e. The van der Waals surface area contributed by atoms with Crippen molar-refractivity contribution in [2.75, 3.05) is 5.32 Å². The van der Waals surface area contributed by atoms with Gasteiger partial charge in [0.1, 0.15) is 11.4 Å². The van der Waals surface area contributed by atoms with Crippen molar-refractivity contribution in [3.8, 4) is 11.3 Å². The van der Waals surface area contributed by atoms with E-state index in [9.17, 15) is 14.4 Å². The molecule has 1 amide bonds. The lowest BCUT2D eigenvalue weighted by Gasteiger charge is -2.06. The number of anilines is 1. The molecule has 0 bridgehead atoms. The summed E-state index contributed by atoms with van der Waals surface area (Å²) < 4.78 is 7.18. The smallest absolute Gasteiger partial charge is 0.330 e. The van der Waals surface area contributed by atoms with Crippen LogP contribution in [0.3, 0.4) is 0 Å². The number of aromatic nitrogens is 3. The maximum atomic E-state index is 12.3. The highest BCUT2D eigenvalue weighted by Crippen LogP contribution is 2.20.